The minimum Gasteiger partial charge on any atom is -0.493 e. The van der Waals surface area contributed by atoms with Gasteiger partial charge in [0.25, 0.3) is 5.56 Å². The number of fused-ring (bicyclic) bond motifs is 1. The van der Waals surface area contributed by atoms with Crippen LogP contribution < -0.4 is 20.3 Å². The molecule has 1 aliphatic carbocycles. The highest BCUT2D eigenvalue weighted by Gasteiger charge is 2.30. The number of benzene rings is 2. The Morgan fingerprint density at radius 2 is 1.85 bits per heavy atom. The van der Waals surface area contributed by atoms with Crippen LogP contribution in [0.15, 0.2) is 53.5 Å². The molecule has 0 saturated heterocycles. The summed E-state index contributed by atoms with van der Waals surface area (Å²) in [6.07, 6.45) is 3.52. The second-order valence-electron chi connectivity index (χ2n) is 8.04. The Morgan fingerprint density at radius 3 is 2.53 bits per heavy atom. The summed E-state index contributed by atoms with van der Waals surface area (Å²) in [5.74, 6) is 0.415. The van der Waals surface area contributed by atoms with E-state index in [0.29, 0.717) is 33.8 Å². The summed E-state index contributed by atoms with van der Waals surface area (Å²) in [6.45, 7) is -0.280. The molecule has 2 aromatic carbocycles. The Hall–Kier alpha value is -4.21. The largest absolute Gasteiger partial charge is 0.493 e. The van der Waals surface area contributed by atoms with Gasteiger partial charge >= 0.3 is 0 Å². The molecule has 0 unspecified atom stereocenters. The van der Waals surface area contributed by atoms with Crippen LogP contribution in [0.5, 0.6) is 11.5 Å². The minimum absolute atomic E-state index is 0.217. The van der Waals surface area contributed by atoms with Gasteiger partial charge in [-0.3, -0.25) is 9.59 Å². The van der Waals surface area contributed by atoms with Crippen LogP contribution in [-0.2, 0) is 11.3 Å². The standard InChI is InChI=1S/C24H22FN5O4/c1-33-19-10-7-16(11-20(19)34-2)27-21(31)13-29-24(32)23-18(22(28-29)14-3-4-14)12-26-30(23)17-8-5-15(25)6-9-17/h5-12,14H,3-4,13H2,1-2H3,(H,27,31). The van der Waals surface area contributed by atoms with E-state index in [-0.39, 0.29) is 18.3 Å². The van der Waals surface area contributed by atoms with Gasteiger partial charge in [-0.1, -0.05) is 0 Å². The maximum absolute atomic E-state index is 13.4. The third-order valence-electron chi connectivity index (χ3n) is 5.71. The van der Waals surface area contributed by atoms with E-state index in [1.165, 1.54) is 31.0 Å². The summed E-state index contributed by atoms with van der Waals surface area (Å²) in [6, 6.07) is 10.7. The molecule has 1 aliphatic rings. The summed E-state index contributed by atoms with van der Waals surface area (Å²) in [4.78, 5) is 26.2. The van der Waals surface area contributed by atoms with Crippen LogP contribution in [0.2, 0.25) is 0 Å². The lowest BCUT2D eigenvalue weighted by Gasteiger charge is -2.12. The smallest absolute Gasteiger partial charge is 0.293 e. The summed E-state index contributed by atoms with van der Waals surface area (Å²) in [5, 5.41) is 12.3. The summed E-state index contributed by atoms with van der Waals surface area (Å²) < 4.78 is 26.5. The second kappa shape index (κ2) is 8.62. The predicted molar refractivity (Wildman–Crippen MR) is 123 cm³/mol. The van der Waals surface area contributed by atoms with Crippen molar-refractivity contribution in [3.05, 3.63) is 70.5 Å². The topological polar surface area (TPSA) is 100 Å². The van der Waals surface area contributed by atoms with Crippen LogP contribution in [0.4, 0.5) is 10.1 Å². The molecule has 1 fully saturated rings. The maximum atomic E-state index is 13.4. The molecule has 0 spiro atoms. The first kappa shape index (κ1) is 21.6. The fraction of sp³-hybridized carbons (Fsp3) is 0.250. The quantitative estimate of drug-likeness (QED) is 0.452. The molecule has 9 nitrogen and oxygen atoms in total. The molecule has 5 rings (SSSR count). The number of ether oxygens (including phenoxy) is 2. The van der Waals surface area contributed by atoms with E-state index in [0.717, 1.165) is 23.2 Å². The SMILES string of the molecule is COc1ccc(NC(=O)Cn2nc(C3CC3)c3cnn(-c4ccc(F)cc4)c3c2=O)cc1OC. The molecule has 0 atom stereocenters. The zero-order chi connectivity index (χ0) is 23.8. The van der Waals surface area contributed by atoms with Crippen LogP contribution in [-0.4, -0.2) is 39.7 Å². The zero-order valence-electron chi connectivity index (χ0n) is 18.6. The van der Waals surface area contributed by atoms with E-state index < -0.39 is 11.5 Å². The van der Waals surface area contributed by atoms with Crippen LogP contribution >= 0.6 is 0 Å². The van der Waals surface area contributed by atoms with Gasteiger partial charge in [0.15, 0.2) is 11.5 Å². The normalized spacial score (nSPS) is 13.1. The van der Waals surface area contributed by atoms with Gasteiger partial charge in [-0.05, 0) is 49.2 Å². The molecule has 0 radical (unpaired) electrons. The number of aromatic nitrogens is 4. The molecule has 34 heavy (non-hydrogen) atoms. The van der Waals surface area contributed by atoms with Crippen molar-refractivity contribution in [3.8, 4) is 17.2 Å². The van der Waals surface area contributed by atoms with Gasteiger partial charge in [0.05, 0.1) is 31.8 Å². The third-order valence-corrected chi connectivity index (χ3v) is 5.71. The first-order chi connectivity index (χ1) is 16.5. The number of nitrogens with one attached hydrogen (secondary N) is 1. The van der Waals surface area contributed by atoms with E-state index >= 15 is 0 Å². The van der Waals surface area contributed by atoms with Gasteiger partial charge in [0, 0.05) is 23.1 Å². The summed E-state index contributed by atoms with van der Waals surface area (Å²) in [7, 11) is 3.03. The van der Waals surface area contributed by atoms with Crippen molar-refractivity contribution in [1.29, 1.82) is 0 Å². The molecular weight excluding hydrogens is 441 g/mol. The lowest BCUT2D eigenvalue weighted by atomic mass is 10.2. The Balaban J connectivity index is 1.50. The van der Waals surface area contributed by atoms with Crippen molar-refractivity contribution in [1.82, 2.24) is 19.6 Å². The Kier molecular flexibility index (Phi) is 5.48. The minimum atomic E-state index is -0.455. The molecule has 1 saturated carbocycles. The Labute approximate surface area is 193 Å². The molecule has 174 valence electrons. The van der Waals surface area contributed by atoms with Crippen LogP contribution in [0.25, 0.3) is 16.6 Å². The third kappa shape index (κ3) is 3.98. The van der Waals surface area contributed by atoms with E-state index in [1.807, 2.05) is 0 Å². The number of methoxy groups -OCH3 is 2. The fourth-order valence-corrected chi connectivity index (χ4v) is 3.89. The highest BCUT2D eigenvalue weighted by atomic mass is 19.1. The van der Waals surface area contributed by atoms with Gasteiger partial charge in [0.2, 0.25) is 5.91 Å². The van der Waals surface area contributed by atoms with Crippen LogP contribution in [0.3, 0.4) is 0 Å². The summed E-state index contributed by atoms with van der Waals surface area (Å²) >= 11 is 0. The van der Waals surface area contributed by atoms with E-state index in [9.17, 15) is 14.0 Å². The van der Waals surface area contributed by atoms with E-state index in [4.69, 9.17) is 9.47 Å². The van der Waals surface area contributed by atoms with E-state index in [2.05, 4.69) is 15.5 Å². The Bertz CT molecular complexity index is 1440. The van der Waals surface area contributed by atoms with E-state index in [1.54, 1.807) is 36.5 Å². The van der Waals surface area contributed by atoms with Crippen molar-refractivity contribution in [3.63, 3.8) is 0 Å². The molecule has 1 N–H and O–H groups in total. The number of carbonyl (C=O) groups excluding carboxylic acids is 1. The van der Waals surface area contributed by atoms with Crippen molar-refractivity contribution < 1.29 is 18.7 Å². The molecular formula is C24H22FN5O4. The maximum Gasteiger partial charge on any atom is 0.293 e. The monoisotopic (exact) mass is 463 g/mol. The molecule has 4 aromatic rings. The number of anilines is 1. The zero-order valence-corrected chi connectivity index (χ0v) is 18.6. The molecule has 10 heteroatoms. The molecule has 1 amide bonds. The van der Waals surface area contributed by atoms with Crippen molar-refractivity contribution in [2.75, 3.05) is 19.5 Å². The van der Waals surface area contributed by atoms with Gasteiger partial charge in [-0.2, -0.15) is 10.2 Å². The van der Waals surface area contributed by atoms with Gasteiger partial charge in [-0.15, -0.1) is 0 Å². The highest BCUT2D eigenvalue weighted by Crippen LogP contribution is 2.41. The van der Waals surface area contributed by atoms with Crippen LogP contribution in [0.1, 0.15) is 24.5 Å². The predicted octanol–water partition coefficient (Wildman–Crippen LogP) is 3.25. The fourth-order valence-electron chi connectivity index (χ4n) is 3.89. The number of nitrogens with zero attached hydrogens (tertiary/aromatic N) is 4. The lowest BCUT2D eigenvalue weighted by Crippen LogP contribution is -2.31. The highest BCUT2D eigenvalue weighted by molar-refractivity contribution is 5.91. The van der Waals surface area contributed by atoms with Gasteiger partial charge in [0.1, 0.15) is 17.9 Å². The van der Waals surface area contributed by atoms with Crippen molar-refractivity contribution in [2.24, 2.45) is 0 Å². The molecule has 0 bridgehead atoms. The van der Waals surface area contributed by atoms with Crippen molar-refractivity contribution in [2.45, 2.75) is 25.3 Å². The molecule has 2 heterocycles. The van der Waals surface area contributed by atoms with Gasteiger partial charge < -0.3 is 14.8 Å². The number of carbonyl (C=O) groups is 1. The number of hydrogen-bond donors (Lipinski definition) is 1. The average Bonchev–Trinajstić information content (AvgIpc) is 3.59. The number of amides is 1. The molecule has 2 aromatic heterocycles. The number of rotatable bonds is 7. The molecule has 0 aliphatic heterocycles. The lowest BCUT2D eigenvalue weighted by molar-refractivity contribution is -0.117. The first-order valence-electron chi connectivity index (χ1n) is 10.7. The number of hydrogen-bond acceptors (Lipinski definition) is 6. The van der Waals surface area contributed by atoms with Crippen LogP contribution in [0, 0.1) is 5.82 Å². The van der Waals surface area contributed by atoms with Crippen molar-refractivity contribution >= 4 is 22.5 Å². The Morgan fingerprint density at radius 1 is 1.12 bits per heavy atom. The average molecular weight is 463 g/mol. The summed E-state index contributed by atoms with van der Waals surface area (Å²) in [5.41, 5.74) is 1.63. The van der Waals surface area contributed by atoms with Gasteiger partial charge in [-0.25, -0.2) is 13.8 Å². The second-order valence-corrected chi connectivity index (χ2v) is 8.04. The number of halogens is 1. The first-order valence-corrected chi connectivity index (χ1v) is 10.7.